The van der Waals surface area contributed by atoms with Gasteiger partial charge in [0.15, 0.2) is 0 Å². The number of aliphatic carboxylic acids is 1. The van der Waals surface area contributed by atoms with Crippen molar-refractivity contribution in [2.75, 3.05) is 39.9 Å². The number of carboxylic acid groups (broad SMARTS) is 1. The van der Waals surface area contributed by atoms with Crippen LogP contribution in [0.3, 0.4) is 0 Å². The molecule has 0 aromatic rings. The van der Waals surface area contributed by atoms with Crippen molar-refractivity contribution in [2.45, 2.75) is 0 Å². The number of nitrogens with one attached hydrogen (secondary N) is 1. The van der Waals surface area contributed by atoms with Crippen molar-refractivity contribution < 1.29 is 24.2 Å². The number of carbonyl (C=O) groups excluding carboxylic acids is 2. The van der Waals surface area contributed by atoms with Gasteiger partial charge in [-0.1, -0.05) is 0 Å². The number of carboxylic acids is 1. The molecule has 0 unspecified atom stereocenters. The van der Waals surface area contributed by atoms with E-state index in [0.29, 0.717) is 0 Å². The Morgan fingerprint density at radius 1 is 1.41 bits per heavy atom. The molecule has 98 valence electrons. The normalized spacial score (nSPS) is 9.76. The molecule has 8 nitrogen and oxygen atoms in total. The summed E-state index contributed by atoms with van der Waals surface area (Å²) >= 11 is 0. The number of amides is 2. The third kappa shape index (κ3) is 7.25. The van der Waals surface area contributed by atoms with Gasteiger partial charge in [0.25, 0.3) is 0 Å². The zero-order chi connectivity index (χ0) is 13.3. The zero-order valence-corrected chi connectivity index (χ0v) is 9.64. The first-order chi connectivity index (χ1) is 8.01. The smallest absolute Gasteiger partial charge is 0.323 e. The molecule has 2 amide bonds. The van der Waals surface area contributed by atoms with Gasteiger partial charge in [0, 0.05) is 13.7 Å². The van der Waals surface area contributed by atoms with E-state index in [1.54, 1.807) is 0 Å². The molecule has 0 aliphatic heterocycles. The van der Waals surface area contributed by atoms with Crippen molar-refractivity contribution in [3.05, 3.63) is 0 Å². The quantitative estimate of drug-likeness (QED) is 0.440. The van der Waals surface area contributed by atoms with Gasteiger partial charge >= 0.3 is 5.97 Å². The van der Waals surface area contributed by atoms with Crippen molar-refractivity contribution in [3.63, 3.8) is 0 Å². The van der Waals surface area contributed by atoms with E-state index in [9.17, 15) is 14.4 Å². The number of nitrogens with zero attached hydrogens (tertiary/aromatic N) is 1. The summed E-state index contributed by atoms with van der Waals surface area (Å²) < 4.78 is 4.76. The minimum atomic E-state index is -1.13. The summed E-state index contributed by atoms with van der Waals surface area (Å²) in [5, 5.41) is 10.9. The van der Waals surface area contributed by atoms with E-state index in [-0.39, 0.29) is 26.2 Å². The number of nitrogens with two attached hydrogens (primary N) is 1. The number of methoxy groups -OCH3 is 1. The molecule has 0 aromatic heterocycles. The lowest BCUT2D eigenvalue weighted by atomic mass is 10.4. The third-order valence-electron chi connectivity index (χ3n) is 1.87. The van der Waals surface area contributed by atoms with Crippen LogP contribution < -0.4 is 11.1 Å². The minimum absolute atomic E-state index is 0.153. The number of carbonyl (C=O) groups is 3. The second-order valence-electron chi connectivity index (χ2n) is 3.18. The topological polar surface area (TPSA) is 122 Å². The molecule has 8 heteroatoms. The van der Waals surface area contributed by atoms with Crippen LogP contribution in [-0.2, 0) is 19.1 Å². The Balaban J connectivity index is 4.20. The second-order valence-corrected chi connectivity index (χ2v) is 3.18. The van der Waals surface area contributed by atoms with Crippen LogP contribution in [0.1, 0.15) is 0 Å². The molecular weight excluding hydrogens is 230 g/mol. The van der Waals surface area contributed by atoms with Crippen molar-refractivity contribution >= 4 is 17.8 Å². The van der Waals surface area contributed by atoms with Gasteiger partial charge < -0.3 is 25.8 Å². The van der Waals surface area contributed by atoms with Crippen LogP contribution in [0.4, 0.5) is 0 Å². The van der Waals surface area contributed by atoms with Gasteiger partial charge in [-0.3, -0.25) is 14.4 Å². The minimum Gasteiger partial charge on any atom is -0.480 e. The molecule has 0 radical (unpaired) electrons. The molecule has 0 rings (SSSR count). The molecule has 0 spiro atoms. The Morgan fingerprint density at radius 3 is 2.53 bits per heavy atom. The fourth-order valence-corrected chi connectivity index (χ4v) is 1.01. The Kier molecular flexibility index (Phi) is 7.65. The molecule has 0 fully saturated rings. The number of hydrogen-bond acceptors (Lipinski definition) is 5. The van der Waals surface area contributed by atoms with Gasteiger partial charge in [-0.2, -0.15) is 0 Å². The van der Waals surface area contributed by atoms with Crippen LogP contribution in [0.25, 0.3) is 0 Å². The maximum atomic E-state index is 11.6. The van der Waals surface area contributed by atoms with Crippen molar-refractivity contribution in [2.24, 2.45) is 5.73 Å². The Hall–Kier alpha value is -1.67. The first-order valence-electron chi connectivity index (χ1n) is 4.96. The molecule has 0 saturated heterocycles. The predicted octanol–water partition coefficient (Wildman–Crippen LogP) is -2.38. The fourth-order valence-electron chi connectivity index (χ4n) is 1.01. The maximum Gasteiger partial charge on any atom is 0.323 e. The maximum absolute atomic E-state index is 11.6. The summed E-state index contributed by atoms with van der Waals surface area (Å²) in [6, 6.07) is 0. The largest absolute Gasteiger partial charge is 0.480 e. The van der Waals surface area contributed by atoms with E-state index in [1.807, 2.05) is 0 Å². The Morgan fingerprint density at radius 2 is 2.06 bits per heavy atom. The summed E-state index contributed by atoms with van der Waals surface area (Å²) in [5.41, 5.74) is 5.04. The van der Waals surface area contributed by atoms with Gasteiger partial charge in [-0.25, -0.2) is 0 Å². The molecule has 0 aromatic carbocycles. The van der Waals surface area contributed by atoms with E-state index >= 15 is 0 Å². The van der Waals surface area contributed by atoms with E-state index in [0.717, 1.165) is 4.90 Å². The third-order valence-corrected chi connectivity index (χ3v) is 1.87. The molecule has 0 saturated carbocycles. The molecule has 0 aliphatic rings. The average molecular weight is 247 g/mol. The Labute approximate surface area is 98.7 Å². The van der Waals surface area contributed by atoms with Crippen molar-refractivity contribution in [1.29, 1.82) is 0 Å². The van der Waals surface area contributed by atoms with E-state index in [1.165, 1.54) is 7.11 Å². The Bertz CT molecular complexity index is 282. The highest BCUT2D eigenvalue weighted by molar-refractivity contribution is 5.87. The summed E-state index contributed by atoms with van der Waals surface area (Å²) in [6.07, 6.45) is 0. The van der Waals surface area contributed by atoms with Gasteiger partial charge in [0.2, 0.25) is 11.8 Å². The van der Waals surface area contributed by atoms with Crippen molar-refractivity contribution in [3.8, 4) is 0 Å². The number of ether oxygens (including phenoxy) is 1. The summed E-state index contributed by atoms with van der Waals surface area (Å²) in [4.78, 5) is 34.0. The fraction of sp³-hybridized carbons (Fsp3) is 0.667. The molecule has 0 bridgehead atoms. The van der Waals surface area contributed by atoms with Gasteiger partial charge in [0.05, 0.1) is 19.7 Å². The van der Waals surface area contributed by atoms with Crippen LogP contribution in [0.5, 0.6) is 0 Å². The molecule has 4 N–H and O–H groups in total. The highest BCUT2D eigenvalue weighted by Crippen LogP contribution is 1.90. The average Bonchev–Trinajstić information content (AvgIpc) is 2.30. The second kappa shape index (κ2) is 8.48. The standard InChI is InChI=1S/C9H17N3O5/c1-17-3-2-12(6-9(15)16)8(14)5-11-7(13)4-10/h2-6,10H2,1H3,(H,11,13)(H,15,16). The summed E-state index contributed by atoms with van der Waals surface area (Å²) in [6.45, 7) is -0.540. The highest BCUT2D eigenvalue weighted by Gasteiger charge is 2.16. The lowest BCUT2D eigenvalue weighted by molar-refractivity contribution is -0.144. The lowest BCUT2D eigenvalue weighted by Gasteiger charge is -2.20. The van der Waals surface area contributed by atoms with Gasteiger partial charge in [0.1, 0.15) is 6.54 Å². The van der Waals surface area contributed by atoms with E-state index in [4.69, 9.17) is 15.6 Å². The van der Waals surface area contributed by atoms with Gasteiger partial charge in [-0.05, 0) is 0 Å². The highest BCUT2D eigenvalue weighted by atomic mass is 16.5. The monoisotopic (exact) mass is 247 g/mol. The zero-order valence-electron chi connectivity index (χ0n) is 9.64. The van der Waals surface area contributed by atoms with Crippen LogP contribution in [0, 0.1) is 0 Å². The molecule has 0 atom stereocenters. The van der Waals surface area contributed by atoms with Crippen LogP contribution >= 0.6 is 0 Å². The number of hydrogen-bond donors (Lipinski definition) is 3. The molecule has 0 aliphatic carbocycles. The lowest BCUT2D eigenvalue weighted by Crippen LogP contribution is -2.45. The van der Waals surface area contributed by atoms with E-state index < -0.39 is 24.3 Å². The molecule has 17 heavy (non-hydrogen) atoms. The molecular formula is C9H17N3O5. The predicted molar refractivity (Wildman–Crippen MR) is 58.2 cm³/mol. The van der Waals surface area contributed by atoms with Crippen LogP contribution in [-0.4, -0.2) is 67.7 Å². The first kappa shape index (κ1) is 15.3. The number of rotatable bonds is 8. The van der Waals surface area contributed by atoms with E-state index in [2.05, 4.69) is 5.32 Å². The van der Waals surface area contributed by atoms with Gasteiger partial charge in [-0.15, -0.1) is 0 Å². The van der Waals surface area contributed by atoms with Crippen LogP contribution in [0.2, 0.25) is 0 Å². The SMILES string of the molecule is COCCN(CC(=O)O)C(=O)CNC(=O)CN. The first-order valence-corrected chi connectivity index (χ1v) is 4.96. The van der Waals surface area contributed by atoms with Crippen LogP contribution in [0.15, 0.2) is 0 Å². The summed E-state index contributed by atoms with van der Waals surface area (Å²) in [5.74, 6) is -2.09. The summed E-state index contributed by atoms with van der Waals surface area (Å²) in [7, 11) is 1.44. The van der Waals surface area contributed by atoms with Crippen molar-refractivity contribution in [1.82, 2.24) is 10.2 Å². The molecule has 0 heterocycles.